The first-order valence-electron chi connectivity index (χ1n) is 10.4. The molecule has 0 aromatic heterocycles. The highest BCUT2D eigenvalue weighted by Gasteiger charge is 2.37. The molecule has 0 saturated carbocycles. The Bertz CT molecular complexity index is 784. The maximum absolute atomic E-state index is 13.0. The molecule has 32 heavy (non-hydrogen) atoms. The molecule has 0 bridgehead atoms. The number of hydrogen-bond acceptors (Lipinski definition) is 7. The van der Waals surface area contributed by atoms with Crippen molar-refractivity contribution in [2.24, 2.45) is 17.8 Å². The van der Waals surface area contributed by atoms with Crippen molar-refractivity contribution in [3.63, 3.8) is 0 Å². The number of carboxylic acids is 1. The fourth-order valence-corrected chi connectivity index (χ4v) is 4.33. The Hall–Kier alpha value is -2.75. The normalized spacial score (nSPS) is 13.7. The summed E-state index contributed by atoms with van der Waals surface area (Å²) in [6.07, 6.45) is 0.424. The minimum absolute atomic E-state index is 0.000535. The molecule has 3 atom stereocenters. The number of thioether (sulfide) groups is 1. The third kappa shape index (κ3) is 9.17. The van der Waals surface area contributed by atoms with Gasteiger partial charge in [0.15, 0.2) is 0 Å². The van der Waals surface area contributed by atoms with Crippen LogP contribution >= 0.6 is 11.8 Å². The van der Waals surface area contributed by atoms with Crippen LogP contribution in [0.1, 0.15) is 33.1 Å². The second-order valence-electron chi connectivity index (χ2n) is 7.88. The number of carbonyl (C=O) groups excluding carboxylic acids is 3. The number of likely N-dealkylation sites (N-methyl/N-ethyl adjacent to an activating group) is 1. The SMILES string of the molecule is CNC(=O)[C@H](CCC(=O)OC)NC(=O)[C@@H](C(=O)O)[C@H](CSc1ccc(N)cc1)CC(C)C. The van der Waals surface area contributed by atoms with Crippen LogP contribution in [-0.2, 0) is 23.9 Å². The minimum Gasteiger partial charge on any atom is -0.481 e. The van der Waals surface area contributed by atoms with Crippen LogP contribution in [0.15, 0.2) is 29.2 Å². The van der Waals surface area contributed by atoms with Gasteiger partial charge in [-0.05, 0) is 48.9 Å². The molecular weight excluding hydrogens is 434 g/mol. The first-order valence-corrected chi connectivity index (χ1v) is 11.4. The van der Waals surface area contributed by atoms with Crippen molar-refractivity contribution in [1.29, 1.82) is 0 Å². The number of ether oxygens (including phenoxy) is 1. The van der Waals surface area contributed by atoms with Gasteiger partial charge in [-0.3, -0.25) is 19.2 Å². The number of carboxylic acid groups (broad SMARTS) is 1. The number of carbonyl (C=O) groups is 4. The summed E-state index contributed by atoms with van der Waals surface area (Å²) in [6, 6.07) is 6.17. The standard InChI is InChI=1S/C22H33N3O6S/c1-13(2)11-14(12-32-16-7-5-15(23)6-8-16)19(22(29)30)21(28)25-17(20(27)24-3)9-10-18(26)31-4/h5-8,13-14,17,19H,9-12,23H2,1-4H3,(H,24,27)(H,25,28)(H,29,30)/t14-,17-,19-/m0/s1. The average molecular weight is 468 g/mol. The van der Waals surface area contributed by atoms with Gasteiger partial charge in [-0.25, -0.2) is 0 Å². The number of benzene rings is 1. The van der Waals surface area contributed by atoms with Crippen molar-refractivity contribution in [2.75, 3.05) is 25.6 Å². The molecule has 0 aliphatic rings. The summed E-state index contributed by atoms with van der Waals surface area (Å²) < 4.78 is 4.58. The Morgan fingerprint density at radius 3 is 2.25 bits per heavy atom. The summed E-state index contributed by atoms with van der Waals surface area (Å²) in [4.78, 5) is 49.6. The van der Waals surface area contributed by atoms with Crippen molar-refractivity contribution in [2.45, 2.75) is 44.0 Å². The second kappa shape index (κ2) is 13.6. The molecule has 1 aromatic carbocycles. The van der Waals surface area contributed by atoms with Crippen LogP contribution in [0.2, 0.25) is 0 Å². The molecule has 0 fully saturated rings. The Morgan fingerprint density at radius 2 is 1.75 bits per heavy atom. The van der Waals surface area contributed by atoms with Gasteiger partial charge in [0, 0.05) is 29.8 Å². The first-order chi connectivity index (χ1) is 15.1. The number of rotatable bonds is 13. The molecule has 0 heterocycles. The summed E-state index contributed by atoms with van der Waals surface area (Å²) in [5, 5.41) is 14.8. The summed E-state index contributed by atoms with van der Waals surface area (Å²) in [5.74, 6) is -4.29. The van der Waals surface area contributed by atoms with Crippen LogP contribution in [0.4, 0.5) is 5.69 Å². The van der Waals surface area contributed by atoms with Gasteiger partial charge in [-0.1, -0.05) is 13.8 Å². The molecule has 0 radical (unpaired) electrons. The highest BCUT2D eigenvalue weighted by Crippen LogP contribution is 2.30. The first kappa shape index (κ1) is 27.3. The quantitative estimate of drug-likeness (QED) is 0.149. The summed E-state index contributed by atoms with van der Waals surface area (Å²) in [7, 11) is 2.63. The van der Waals surface area contributed by atoms with E-state index >= 15 is 0 Å². The maximum atomic E-state index is 13.0. The zero-order valence-electron chi connectivity index (χ0n) is 18.9. The van der Waals surface area contributed by atoms with Crippen LogP contribution in [-0.4, -0.2) is 54.8 Å². The maximum Gasteiger partial charge on any atom is 0.316 e. The van der Waals surface area contributed by atoms with Crippen molar-refractivity contribution < 1.29 is 29.0 Å². The Kier molecular flexibility index (Phi) is 11.6. The Balaban J connectivity index is 3.01. The van der Waals surface area contributed by atoms with Crippen LogP contribution in [0.25, 0.3) is 0 Å². The zero-order valence-corrected chi connectivity index (χ0v) is 19.7. The molecule has 2 amide bonds. The number of anilines is 1. The number of amides is 2. The third-order valence-electron chi connectivity index (χ3n) is 4.88. The van der Waals surface area contributed by atoms with E-state index in [2.05, 4.69) is 15.4 Å². The van der Waals surface area contributed by atoms with Crippen molar-refractivity contribution in [3.05, 3.63) is 24.3 Å². The van der Waals surface area contributed by atoms with Gasteiger partial charge in [-0.2, -0.15) is 0 Å². The van der Waals surface area contributed by atoms with E-state index in [1.54, 1.807) is 12.1 Å². The van der Waals surface area contributed by atoms with Gasteiger partial charge in [0.05, 0.1) is 7.11 Å². The monoisotopic (exact) mass is 467 g/mol. The van der Waals surface area contributed by atoms with E-state index < -0.39 is 41.6 Å². The van der Waals surface area contributed by atoms with E-state index in [-0.39, 0.29) is 18.8 Å². The highest BCUT2D eigenvalue weighted by molar-refractivity contribution is 7.99. The lowest BCUT2D eigenvalue weighted by atomic mass is 9.86. The summed E-state index contributed by atoms with van der Waals surface area (Å²) in [5.41, 5.74) is 6.34. The lowest BCUT2D eigenvalue weighted by molar-refractivity contribution is -0.150. The van der Waals surface area contributed by atoms with Gasteiger partial charge in [0.2, 0.25) is 11.8 Å². The molecule has 9 nitrogen and oxygen atoms in total. The van der Waals surface area contributed by atoms with E-state index in [1.165, 1.54) is 25.9 Å². The number of nitrogens with two attached hydrogens (primary N) is 1. The van der Waals surface area contributed by atoms with Crippen LogP contribution in [0.3, 0.4) is 0 Å². The van der Waals surface area contributed by atoms with Crippen molar-refractivity contribution in [1.82, 2.24) is 10.6 Å². The predicted molar refractivity (Wildman–Crippen MR) is 123 cm³/mol. The summed E-state index contributed by atoms with van der Waals surface area (Å²) >= 11 is 1.45. The van der Waals surface area contributed by atoms with E-state index in [0.717, 1.165) is 4.90 Å². The zero-order chi connectivity index (χ0) is 24.3. The second-order valence-corrected chi connectivity index (χ2v) is 8.97. The van der Waals surface area contributed by atoms with Gasteiger partial charge < -0.3 is 26.2 Å². The highest BCUT2D eigenvalue weighted by atomic mass is 32.2. The van der Waals surface area contributed by atoms with Crippen molar-refractivity contribution >= 4 is 41.2 Å². The van der Waals surface area contributed by atoms with Gasteiger partial charge in [-0.15, -0.1) is 11.8 Å². The Labute approximate surface area is 192 Å². The van der Waals surface area contributed by atoms with Crippen LogP contribution in [0, 0.1) is 17.8 Å². The Morgan fingerprint density at radius 1 is 1.12 bits per heavy atom. The molecule has 10 heteroatoms. The van der Waals surface area contributed by atoms with Gasteiger partial charge >= 0.3 is 11.9 Å². The van der Waals surface area contributed by atoms with Crippen LogP contribution in [0.5, 0.6) is 0 Å². The molecule has 5 N–H and O–H groups in total. The van der Waals surface area contributed by atoms with Crippen LogP contribution < -0.4 is 16.4 Å². The number of nitrogen functional groups attached to an aromatic ring is 1. The number of methoxy groups -OCH3 is 1. The number of esters is 1. The fraction of sp³-hybridized carbons (Fsp3) is 0.545. The lowest BCUT2D eigenvalue weighted by Crippen LogP contribution is -2.50. The molecule has 0 spiro atoms. The molecule has 0 aliphatic heterocycles. The number of hydrogen-bond donors (Lipinski definition) is 4. The largest absolute Gasteiger partial charge is 0.481 e. The number of nitrogens with one attached hydrogen (secondary N) is 2. The molecular formula is C22H33N3O6S. The molecule has 1 aromatic rings. The van der Waals surface area contributed by atoms with E-state index in [0.29, 0.717) is 17.9 Å². The fourth-order valence-electron chi connectivity index (χ4n) is 3.27. The molecule has 1 rings (SSSR count). The van der Waals surface area contributed by atoms with E-state index in [9.17, 15) is 24.3 Å². The lowest BCUT2D eigenvalue weighted by Gasteiger charge is -2.26. The topological polar surface area (TPSA) is 148 Å². The molecule has 0 unspecified atom stereocenters. The molecule has 0 saturated heterocycles. The van der Waals surface area contributed by atoms with Crippen molar-refractivity contribution in [3.8, 4) is 0 Å². The molecule has 0 aliphatic carbocycles. The van der Waals surface area contributed by atoms with E-state index in [4.69, 9.17) is 5.73 Å². The molecule has 178 valence electrons. The third-order valence-corrected chi connectivity index (χ3v) is 6.08. The van der Waals surface area contributed by atoms with E-state index in [1.807, 2.05) is 26.0 Å². The smallest absolute Gasteiger partial charge is 0.316 e. The average Bonchev–Trinajstić information content (AvgIpc) is 2.74. The minimum atomic E-state index is -1.34. The number of aliphatic carboxylic acids is 1. The predicted octanol–water partition coefficient (Wildman–Crippen LogP) is 1.91. The summed E-state index contributed by atoms with van der Waals surface area (Å²) in [6.45, 7) is 3.92. The van der Waals surface area contributed by atoms with Gasteiger partial charge in [0.1, 0.15) is 12.0 Å². The van der Waals surface area contributed by atoms with Gasteiger partial charge in [0.25, 0.3) is 0 Å².